The molecule has 1 aliphatic heterocycles. The Morgan fingerprint density at radius 2 is 2.40 bits per heavy atom. The van der Waals surface area contributed by atoms with Crippen LogP contribution in [0, 0.1) is 0 Å². The molecule has 2 unspecified atom stereocenters. The van der Waals surface area contributed by atoms with Gasteiger partial charge in [0.1, 0.15) is 0 Å². The Morgan fingerprint density at radius 3 is 2.90 bits per heavy atom. The van der Waals surface area contributed by atoms with E-state index < -0.39 is 0 Å². The summed E-state index contributed by atoms with van der Waals surface area (Å²) in [4.78, 5) is 2.30. The second-order valence-electron chi connectivity index (χ2n) is 2.48. The first-order chi connectivity index (χ1) is 4.88. The van der Waals surface area contributed by atoms with E-state index in [1.165, 1.54) is 0 Å². The minimum absolute atomic E-state index is 0.623. The highest BCUT2D eigenvalue weighted by Gasteiger charge is 2.29. The maximum absolute atomic E-state index is 3.71. The van der Waals surface area contributed by atoms with Gasteiger partial charge in [-0.3, -0.25) is 4.90 Å². The summed E-state index contributed by atoms with van der Waals surface area (Å²) < 4.78 is 0. The molecular formula is C8H14N2. The molecule has 0 amide bonds. The van der Waals surface area contributed by atoms with Gasteiger partial charge in [-0.25, -0.2) is 0 Å². The van der Waals surface area contributed by atoms with Crippen LogP contribution in [0.2, 0.25) is 0 Å². The molecule has 1 heterocycles. The summed E-state index contributed by atoms with van der Waals surface area (Å²) in [5, 5.41) is 3.22. The molecule has 0 aromatic carbocycles. The first kappa shape index (κ1) is 7.51. The van der Waals surface area contributed by atoms with Gasteiger partial charge >= 0.3 is 0 Å². The van der Waals surface area contributed by atoms with Crippen molar-refractivity contribution in [1.29, 1.82) is 0 Å². The summed E-state index contributed by atoms with van der Waals surface area (Å²) in [7, 11) is 0. The van der Waals surface area contributed by atoms with E-state index in [-0.39, 0.29) is 0 Å². The fraction of sp³-hybridized carbons (Fsp3) is 0.500. The van der Waals surface area contributed by atoms with Crippen LogP contribution < -0.4 is 5.32 Å². The van der Waals surface area contributed by atoms with E-state index in [2.05, 4.69) is 23.4 Å². The van der Waals surface area contributed by atoms with Gasteiger partial charge in [0.05, 0.1) is 0 Å². The van der Waals surface area contributed by atoms with Gasteiger partial charge in [0, 0.05) is 25.8 Å². The molecule has 1 N–H and O–H groups in total. The van der Waals surface area contributed by atoms with Crippen molar-refractivity contribution in [3.05, 3.63) is 25.3 Å². The molecule has 2 heteroatoms. The summed E-state index contributed by atoms with van der Waals surface area (Å²) in [5.41, 5.74) is 0. The Bertz CT molecular complexity index is 131. The first-order valence-electron chi connectivity index (χ1n) is 3.56. The van der Waals surface area contributed by atoms with E-state index in [1.54, 1.807) is 0 Å². The lowest BCUT2D eigenvalue weighted by atomic mass is 10.5. The SMILES string of the molecule is C=CCNCN1CC1C=C. The Kier molecular flexibility index (Phi) is 2.66. The maximum atomic E-state index is 3.71. The molecule has 1 aliphatic rings. The molecule has 0 radical (unpaired) electrons. The monoisotopic (exact) mass is 138 g/mol. The lowest BCUT2D eigenvalue weighted by Crippen LogP contribution is -2.22. The molecule has 2 nitrogen and oxygen atoms in total. The van der Waals surface area contributed by atoms with Crippen molar-refractivity contribution in [3.8, 4) is 0 Å². The Balaban J connectivity index is 1.96. The molecule has 0 bridgehead atoms. The van der Waals surface area contributed by atoms with Gasteiger partial charge in [0.25, 0.3) is 0 Å². The van der Waals surface area contributed by atoms with Crippen molar-refractivity contribution in [1.82, 2.24) is 10.2 Å². The molecule has 0 aromatic rings. The van der Waals surface area contributed by atoms with E-state index in [4.69, 9.17) is 0 Å². The quantitative estimate of drug-likeness (QED) is 0.340. The number of nitrogens with one attached hydrogen (secondary N) is 1. The summed E-state index contributed by atoms with van der Waals surface area (Å²) in [6, 6.07) is 0.623. The highest BCUT2D eigenvalue weighted by molar-refractivity contribution is 5.01. The van der Waals surface area contributed by atoms with Gasteiger partial charge in [0.15, 0.2) is 0 Å². The van der Waals surface area contributed by atoms with Crippen molar-refractivity contribution >= 4 is 0 Å². The highest BCUT2D eigenvalue weighted by Crippen LogP contribution is 2.15. The summed E-state index contributed by atoms with van der Waals surface area (Å²) in [6.45, 7) is 10.3. The minimum Gasteiger partial charge on any atom is -0.301 e. The van der Waals surface area contributed by atoms with Crippen LogP contribution >= 0.6 is 0 Å². The predicted molar refractivity (Wildman–Crippen MR) is 43.8 cm³/mol. The number of hydrogen-bond acceptors (Lipinski definition) is 2. The van der Waals surface area contributed by atoms with Crippen LogP contribution in [0.5, 0.6) is 0 Å². The van der Waals surface area contributed by atoms with E-state index in [9.17, 15) is 0 Å². The Hall–Kier alpha value is -0.600. The van der Waals surface area contributed by atoms with Gasteiger partial charge in [-0.2, -0.15) is 0 Å². The molecule has 10 heavy (non-hydrogen) atoms. The van der Waals surface area contributed by atoms with Gasteiger partial charge in [0.2, 0.25) is 0 Å². The van der Waals surface area contributed by atoms with Gasteiger partial charge < -0.3 is 5.32 Å². The van der Waals surface area contributed by atoms with Crippen molar-refractivity contribution < 1.29 is 0 Å². The minimum atomic E-state index is 0.623. The smallest absolute Gasteiger partial charge is 0.0489 e. The second kappa shape index (κ2) is 3.54. The molecule has 1 rings (SSSR count). The summed E-state index contributed by atoms with van der Waals surface area (Å²) in [6.07, 6.45) is 3.85. The third-order valence-electron chi connectivity index (χ3n) is 1.63. The molecule has 1 fully saturated rings. The van der Waals surface area contributed by atoms with E-state index in [0.29, 0.717) is 6.04 Å². The zero-order valence-electron chi connectivity index (χ0n) is 6.21. The van der Waals surface area contributed by atoms with Crippen molar-refractivity contribution in [3.63, 3.8) is 0 Å². The van der Waals surface area contributed by atoms with Gasteiger partial charge in [-0.1, -0.05) is 12.2 Å². The fourth-order valence-corrected chi connectivity index (χ4v) is 0.909. The van der Waals surface area contributed by atoms with Crippen LogP contribution in [-0.2, 0) is 0 Å². The second-order valence-corrected chi connectivity index (χ2v) is 2.48. The molecule has 56 valence electrons. The van der Waals surface area contributed by atoms with Crippen LogP contribution in [0.15, 0.2) is 25.3 Å². The normalized spacial score (nSPS) is 29.6. The van der Waals surface area contributed by atoms with Crippen molar-refractivity contribution in [2.45, 2.75) is 6.04 Å². The molecule has 0 aliphatic carbocycles. The number of nitrogens with zero attached hydrogens (tertiary/aromatic N) is 1. The van der Waals surface area contributed by atoms with E-state index in [0.717, 1.165) is 19.8 Å². The van der Waals surface area contributed by atoms with Crippen LogP contribution in [0.1, 0.15) is 0 Å². The standard InChI is InChI=1S/C8H14N2/c1-3-5-9-7-10-6-8(10)4-2/h3-4,8-9H,1-2,5-7H2. The topological polar surface area (TPSA) is 15.0 Å². The molecule has 0 spiro atoms. The van der Waals surface area contributed by atoms with Crippen LogP contribution in [0.4, 0.5) is 0 Å². The number of hydrogen-bond donors (Lipinski definition) is 1. The van der Waals surface area contributed by atoms with Crippen LogP contribution in [0.3, 0.4) is 0 Å². The van der Waals surface area contributed by atoms with Crippen LogP contribution in [-0.4, -0.2) is 30.7 Å². The lowest BCUT2D eigenvalue weighted by molar-refractivity contribution is 0.481. The van der Waals surface area contributed by atoms with Crippen molar-refractivity contribution in [2.75, 3.05) is 19.8 Å². The summed E-state index contributed by atoms with van der Waals surface area (Å²) in [5.74, 6) is 0. The third-order valence-corrected chi connectivity index (χ3v) is 1.63. The van der Waals surface area contributed by atoms with Gasteiger partial charge in [-0.05, 0) is 0 Å². The molecular weight excluding hydrogens is 124 g/mol. The number of rotatable bonds is 5. The largest absolute Gasteiger partial charge is 0.301 e. The fourth-order valence-electron chi connectivity index (χ4n) is 0.909. The van der Waals surface area contributed by atoms with E-state index >= 15 is 0 Å². The van der Waals surface area contributed by atoms with Crippen LogP contribution in [0.25, 0.3) is 0 Å². The van der Waals surface area contributed by atoms with Gasteiger partial charge in [-0.15, -0.1) is 13.2 Å². The molecule has 0 saturated carbocycles. The molecule has 2 atom stereocenters. The Morgan fingerprint density at radius 1 is 1.60 bits per heavy atom. The van der Waals surface area contributed by atoms with E-state index in [1.807, 2.05) is 12.2 Å². The average Bonchev–Trinajstić information content (AvgIpc) is 2.68. The lowest BCUT2D eigenvalue weighted by Gasteiger charge is -2.00. The predicted octanol–water partition coefficient (Wildman–Crippen LogP) is 0.590. The average molecular weight is 138 g/mol. The molecule has 1 saturated heterocycles. The maximum Gasteiger partial charge on any atom is 0.0489 e. The third kappa shape index (κ3) is 1.97. The first-order valence-corrected chi connectivity index (χ1v) is 3.56. The zero-order chi connectivity index (χ0) is 7.40. The highest BCUT2D eigenvalue weighted by atomic mass is 15.4. The Labute approximate surface area is 62.2 Å². The van der Waals surface area contributed by atoms with Crippen molar-refractivity contribution in [2.24, 2.45) is 0 Å². The molecule has 0 aromatic heterocycles. The zero-order valence-corrected chi connectivity index (χ0v) is 6.21. The summed E-state index contributed by atoms with van der Waals surface area (Å²) >= 11 is 0.